The van der Waals surface area contributed by atoms with Crippen LogP contribution in [0.15, 0.2) is 60.8 Å². The number of hydrogen-bond donors (Lipinski definition) is 1. The van der Waals surface area contributed by atoms with E-state index in [9.17, 15) is 4.79 Å². The molecule has 1 aliphatic rings. The van der Waals surface area contributed by atoms with Crippen LogP contribution in [0.3, 0.4) is 0 Å². The lowest BCUT2D eigenvalue weighted by Crippen LogP contribution is -2.30. The van der Waals surface area contributed by atoms with E-state index < -0.39 is 0 Å². The molecule has 28 heavy (non-hydrogen) atoms. The molecule has 0 radical (unpaired) electrons. The zero-order valence-electron chi connectivity index (χ0n) is 15.8. The topological polar surface area (TPSA) is 63.7 Å². The third-order valence-electron chi connectivity index (χ3n) is 4.53. The highest BCUT2D eigenvalue weighted by atomic mass is 16.7. The van der Waals surface area contributed by atoms with Crippen molar-refractivity contribution in [2.45, 2.75) is 13.8 Å². The molecule has 1 aliphatic heterocycles. The lowest BCUT2D eigenvalue weighted by Gasteiger charge is -2.21. The normalized spacial score (nSPS) is 11.9. The van der Waals surface area contributed by atoms with E-state index in [-0.39, 0.29) is 12.7 Å². The molecule has 3 aromatic rings. The number of aryl methyl sites for hydroxylation is 1. The van der Waals surface area contributed by atoms with E-state index in [0.717, 1.165) is 22.7 Å². The number of nitrogens with zero attached hydrogens (tertiary/aromatic N) is 2. The standard InChI is InChI=1S/C22H21N3O3/c1-3-25(18-6-4-5-15(2)11-18)22(26)16-9-10-23-21(12-16)24-17-7-8-19-20(13-17)28-14-27-19/h4-13H,3,14H2,1-2H3,(H,23,24). The Morgan fingerprint density at radius 2 is 1.96 bits per heavy atom. The van der Waals surface area contributed by atoms with Crippen LogP contribution in [0.2, 0.25) is 0 Å². The Morgan fingerprint density at radius 3 is 2.79 bits per heavy atom. The fraction of sp³-hybridized carbons (Fsp3) is 0.182. The summed E-state index contributed by atoms with van der Waals surface area (Å²) >= 11 is 0. The Balaban J connectivity index is 1.56. The van der Waals surface area contributed by atoms with E-state index in [1.807, 2.05) is 56.3 Å². The minimum Gasteiger partial charge on any atom is -0.454 e. The van der Waals surface area contributed by atoms with Crippen LogP contribution < -0.4 is 19.7 Å². The van der Waals surface area contributed by atoms with Gasteiger partial charge in [0.25, 0.3) is 5.91 Å². The number of rotatable bonds is 5. The van der Waals surface area contributed by atoms with Crippen LogP contribution in [0.5, 0.6) is 11.5 Å². The minimum absolute atomic E-state index is 0.0655. The molecule has 0 bridgehead atoms. The van der Waals surface area contributed by atoms with E-state index in [4.69, 9.17) is 9.47 Å². The molecule has 1 amide bonds. The van der Waals surface area contributed by atoms with Gasteiger partial charge in [-0.15, -0.1) is 0 Å². The van der Waals surface area contributed by atoms with Crippen LogP contribution >= 0.6 is 0 Å². The summed E-state index contributed by atoms with van der Waals surface area (Å²) in [6.45, 7) is 4.79. The number of carbonyl (C=O) groups is 1. The minimum atomic E-state index is -0.0655. The summed E-state index contributed by atoms with van der Waals surface area (Å²) in [6.07, 6.45) is 1.63. The lowest BCUT2D eigenvalue weighted by molar-refractivity contribution is 0.0988. The van der Waals surface area contributed by atoms with Crippen molar-refractivity contribution in [2.24, 2.45) is 0 Å². The van der Waals surface area contributed by atoms with Gasteiger partial charge in [-0.1, -0.05) is 12.1 Å². The number of amides is 1. The zero-order valence-corrected chi connectivity index (χ0v) is 15.8. The van der Waals surface area contributed by atoms with E-state index >= 15 is 0 Å². The molecule has 0 atom stereocenters. The highest BCUT2D eigenvalue weighted by Crippen LogP contribution is 2.35. The van der Waals surface area contributed by atoms with E-state index in [1.54, 1.807) is 23.2 Å². The van der Waals surface area contributed by atoms with Gasteiger partial charge in [0.1, 0.15) is 5.82 Å². The summed E-state index contributed by atoms with van der Waals surface area (Å²) < 4.78 is 10.7. The molecule has 0 aliphatic carbocycles. The molecule has 4 rings (SSSR count). The van der Waals surface area contributed by atoms with Gasteiger partial charge in [-0.25, -0.2) is 4.98 Å². The molecular weight excluding hydrogens is 354 g/mol. The van der Waals surface area contributed by atoms with Gasteiger partial charge in [0, 0.05) is 35.7 Å². The van der Waals surface area contributed by atoms with Crippen molar-refractivity contribution in [3.05, 3.63) is 71.9 Å². The smallest absolute Gasteiger partial charge is 0.258 e. The molecule has 142 valence electrons. The number of anilines is 3. The number of aromatic nitrogens is 1. The fourth-order valence-electron chi connectivity index (χ4n) is 3.15. The molecule has 0 fully saturated rings. The third kappa shape index (κ3) is 3.62. The highest BCUT2D eigenvalue weighted by molar-refractivity contribution is 6.06. The summed E-state index contributed by atoms with van der Waals surface area (Å²) in [5.74, 6) is 1.93. The predicted molar refractivity (Wildman–Crippen MR) is 109 cm³/mol. The van der Waals surface area contributed by atoms with Crippen molar-refractivity contribution in [3.8, 4) is 11.5 Å². The largest absolute Gasteiger partial charge is 0.454 e. The molecular formula is C22H21N3O3. The molecule has 1 aromatic heterocycles. The zero-order chi connectivity index (χ0) is 19.5. The molecule has 0 saturated carbocycles. The van der Waals surface area contributed by atoms with Crippen LogP contribution in [0.1, 0.15) is 22.8 Å². The first-order chi connectivity index (χ1) is 13.6. The van der Waals surface area contributed by atoms with Gasteiger partial charge in [0.05, 0.1) is 0 Å². The van der Waals surface area contributed by atoms with Crippen molar-refractivity contribution in [1.29, 1.82) is 0 Å². The monoisotopic (exact) mass is 375 g/mol. The van der Waals surface area contributed by atoms with Crippen molar-refractivity contribution < 1.29 is 14.3 Å². The first-order valence-corrected chi connectivity index (χ1v) is 9.15. The van der Waals surface area contributed by atoms with E-state index in [1.165, 1.54) is 0 Å². The first kappa shape index (κ1) is 17.9. The maximum Gasteiger partial charge on any atom is 0.258 e. The van der Waals surface area contributed by atoms with Crippen molar-refractivity contribution in [1.82, 2.24) is 4.98 Å². The van der Waals surface area contributed by atoms with Crippen molar-refractivity contribution in [3.63, 3.8) is 0 Å². The van der Waals surface area contributed by atoms with Gasteiger partial charge in [0.15, 0.2) is 11.5 Å². The second kappa shape index (κ2) is 7.60. The van der Waals surface area contributed by atoms with Gasteiger partial charge < -0.3 is 19.7 Å². The number of hydrogen-bond acceptors (Lipinski definition) is 5. The highest BCUT2D eigenvalue weighted by Gasteiger charge is 2.17. The van der Waals surface area contributed by atoms with Crippen molar-refractivity contribution in [2.75, 3.05) is 23.6 Å². The predicted octanol–water partition coefficient (Wildman–Crippen LogP) is 4.53. The molecule has 0 saturated heterocycles. The number of ether oxygens (including phenoxy) is 2. The van der Waals surface area contributed by atoms with Crippen LogP contribution in [0.25, 0.3) is 0 Å². The van der Waals surface area contributed by atoms with Crippen LogP contribution in [-0.2, 0) is 0 Å². The van der Waals surface area contributed by atoms with Gasteiger partial charge in [-0.05, 0) is 55.8 Å². The van der Waals surface area contributed by atoms with Crippen LogP contribution in [0, 0.1) is 6.92 Å². The third-order valence-corrected chi connectivity index (χ3v) is 4.53. The average molecular weight is 375 g/mol. The quantitative estimate of drug-likeness (QED) is 0.710. The summed E-state index contributed by atoms with van der Waals surface area (Å²) in [6, 6.07) is 17.0. The maximum atomic E-state index is 13.1. The molecule has 1 N–H and O–H groups in total. The number of nitrogens with one attached hydrogen (secondary N) is 1. The van der Waals surface area contributed by atoms with Crippen LogP contribution in [-0.4, -0.2) is 24.2 Å². The summed E-state index contributed by atoms with van der Waals surface area (Å²) in [4.78, 5) is 19.2. The Morgan fingerprint density at radius 1 is 1.11 bits per heavy atom. The Bertz CT molecular complexity index is 1020. The number of pyridine rings is 1. The number of carbonyl (C=O) groups excluding carboxylic acids is 1. The van der Waals surface area contributed by atoms with Gasteiger partial charge in [-0.2, -0.15) is 0 Å². The second-order valence-corrected chi connectivity index (χ2v) is 6.51. The van der Waals surface area contributed by atoms with Gasteiger partial charge >= 0.3 is 0 Å². The summed E-state index contributed by atoms with van der Waals surface area (Å²) in [5, 5.41) is 3.22. The SMILES string of the molecule is CCN(C(=O)c1ccnc(Nc2ccc3c(c2)OCO3)c1)c1cccc(C)c1. The molecule has 2 aromatic carbocycles. The molecule has 6 heteroatoms. The molecule has 0 spiro atoms. The molecule has 6 nitrogen and oxygen atoms in total. The summed E-state index contributed by atoms with van der Waals surface area (Å²) in [5.41, 5.74) is 3.38. The van der Waals surface area contributed by atoms with E-state index in [2.05, 4.69) is 10.3 Å². The Kier molecular flexibility index (Phi) is 4.85. The second-order valence-electron chi connectivity index (χ2n) is 6.51. The molecule has 0 unspecified atom stereocenters. The van der Waals surface area contributed by atoms with E-state index in [0.29, 0.717) is 23.7 Å². The van der Waals surface area contributed by atoms with Gasteiger partial charge in [0.2, 0.25) is 6.79 Å². The first-order valence-electron chi connectivity index (χ1n) is 9.15. The molecule has 2 heterocycles. The number of fused-ring (bicyclic) bond motifs is 1. The lowest BCUT2D eigenvalue weighted by atomic mass is 10.1. The fourth-order valence-corrected chi connectivity index (χ4v) is 3.15. The average Bonchev–Trinajstić information content (AvgIpc) is 3.17. The van der Waals surface area contributed by atoms with Gasteiger partial charge in [-0.3, -0.25) is 4.79 Å². The van der Waals surface area contributed by atoms with Crippen LogP contribution in [0.4, 0.5) is 17.2 Å². The van der Waals surface area contributed by atoms with Crippen molar-refractivity contribution >= 4 is 23.1 Å². The Labute approximate surface area is 163 Å². The summed E-state index contributed by atoms with van der Waals surface area (Å²) in [7, 11) is 0. The number of benzene rings is 2. The Hall–Kier alpha value is -3.54. The maximum absolute atomic E-state index is 13.1.